The molecule has 5 nitrogen and oxygen atoms in total. The van der Waals surface area contributed by atoms with Crippen LogP contribution in [0.25, 0.3) is 11.3 Å². The molecular formula is C34H40FN3O2. The normalized spacial score (nSPS) is 17.7. The number of hydrogen-bond acceptors (Lipinski definition) is 4. The third-order valence-electron chi connectivity index (χ3n) is 7.92. The van der Waals surface area contributed by atoms with Gasteiger partial charge in [0.1, 0.15) is 23.2 Å². The number of allylic oxidation sites excluding steroid dienone is 4. The molecule has 1 aliphatic rings. The number of carbonyl (C=O) groups is 1. The second-order valence-corrected chi connectivity index (χ2v) is 10.7. The molecular weight excluding hydrogens is 501 g/mol. The van der Waals surface area contributed by atoms with E-state index in [2.05, 4.69) is 18.1 Å². The Balaban J connectivity index is 1.33. The van der Waals surface area contributed by atoms with Crippen LogP contribution in [-0.4, -0.2) is 27.4 Å². The molecule has 2 unspecified atom stereocenters. The zero-order valence-corrected chi connectivity index (χ0v) is 23.5. The van der Waals surface area contributed by atoms with Crippen molar-refractivity contribution in [3.05, 3.63) is 103 Å². The number of carbonyl (C=O) groups excluding carboxylic acids is 1. The molecule has 4 rings (SSSR count). The van der Waals surface area contributed by atoms with Crippen LogP contribution in [0.2, 0.25) is 0 Å². The molecule has 0 spiro atoms. The summed E-state index contributed by atoms with van der Waals surface area (Å²) >= 11 is 0. The lowest BCUT2D eigenvalue weighted by Gasteiger charge is -2.15. The number of hydrogen-bond donors (Lipinski definition) is 0. The van der Waals surface area contributed by atoms with E-state index in [1.165, 1.54) is 44.2 Å². The predicted molar refractivity (Wildman–Crippen MR) is 159 cm³/mol. The molecule has 6 heteroatoms. The SMILES string of the molecule is C=CC=C(C=C)c1cn(-c2ccc(F)cc2)c(CC(=O)CCC2CCCC(CCc3cc(OC)ccn3)CC2)n1. The molecule has 1 aromatic carbocycles. The van der Waals surface area contributed by atoms with Crippen molar-refractivity contribution in [2.45, 2.75) is 64.2 Å². The Morgan fingerprint density at radius 3 is 2.55 bits per heavy atom. The first-order chi connectivity index (χ1) is 19.5. The molecule has 2 heterocycles. The second-order valence-electron chi connectivity index (χ2n) is 10.7. The number of pyridine rings is 1. The van der Waals surface area contributed by atoms with Crippen molar-refractivity contribution in [2.24, 2.45) is 11.8 Å². The van der Waals surface area contributed by atoms with E-state index < -0.39 is 0 Å². The van der Waals surface area contributed by atoms with Crippen molar-refractivity contribution in [1.29, 1.82) is 0 Å². The molecule has 0 saturated heterocycles. The molecule has 0 bridgehead atoms. The van der Waals surface area contributed by atoms with E-state index in [0.29, 0.717) is 29.8 Å². The van der Waals surface area contributed by atoms with Gasteiger partial charge in [0.05, 0.1) is 19.2 Å². The van der Waals surface area contributed by atoms with Crippen molar-refractivity contribution >= 4 is 11.4 Å². The van der Waals surface area contributed by atoms with E-state index >= 15 is 0 Å². The van der Waals surface area contributed by atoms with Crippen molar-refractivity contribution in [2.75, 3.05) is 7.11 Å². The van der Waals surface area contributed by atoms with Crippen LogP contribution in [0.3, 0.4) is 0 Å². The summed E-state index contributed by atoms with van der Waals surface area (Å²) in [6.45, 7) is 7.65. The monoisotopic (exact) mass is 541 g/mol. The van der Waals surface area contributed by atoms with Crippen LogP contribution in [0.5, 0.6) is 5.75 Å². The largest absolute Gasteiger partial charge is 0.497 e. The number of ether oxygens (including phenoxy) is 1. The maximum Gasteiger partial charge on any atom is 0.140 e. The number of rotatable bonds is 13. The minimum Gasteiger partial charge on any atom is -0.497 e. The lowest BCUT2D eigenvalue weighted by molar-refractivity contribution is -0.118. The molecule has 2 aromatic heterocycles. The molecule has 2 atom stereocenters. The summed E-state index contributed by atoms with van der Waals surface area (Å²) in [5.74, 6) is 2.68. The van der Waals surface area contributed by atoms with Crippen molar-refractivity contribution < 1.29 is 13.9 Å². The number of imidazole rings is 1. The first kappa shape index (κ1) is 29.2. The van der Waals surface area contributed by atoms with Crippen molar-refractivity contribution in [1.82, 2.24) is 14.5 Å². The van der Waals surface area contributed by atoms with Gasteiger partial charge in [-0.1, -0.05) is 63.5 Å². The third-order valence-corrected chi connectivity index (χ3v) is 7.92. The summed E-state index contributed by atoms with van der Waals surface area (Å²) in [5, 5.41) is 0. The zero-order chi connectivity index (χ0) is 28.3. The summed E-state index contributed by atoms with van der Waals surface area (Å²) in [6, 6.07) is 10.2. The molecule has 3 aromatic rings. The minimum absolute atomic E-state index is 0.179. The third kappa shape index (κ3) is 8.10. The molecule has 0 amide bonds. The van der Waals surface area contributed by atoms with Crippen LogP contribution in [0.4, 0.5) is 4.39 Å². The molecule has 1 saturated carbocycles. The van der Waals surface area contributed by atoms with Gasteiger partial charge in [-0.2, -0.15) is 0 Å². The maximum absolute atomic E-state index is 13.6. The van der Waals surface area contributed by atoms with Gasteiger partial charge in [0, 0.05) is 41.8 Å². The van der Waals surface area contributed by atoms with Gasteiger partial charge in [0.2, 0.25) is 0 Å². The second kappa shape index (κ2) is 14.5. The molecule has 210 valence electrons. The quantitative estimate of drug-likeness (QED) is 0.163. The maximum atomic E-state index is 13.6. The molecule has 40 heavy (non-hydrogen) atoms. The highest BCUT2D eigenvalue weighted by atomic mass is 19.1. The van der Waals surface area contributed by atoms with Gasteiger partial charge >= 0.3 is 0 Å². The highest BCUT2D eigenvalue weighted by molar-refractivity contribution is 5.81. The topological polar surface area (TPSA) is 57.0 Å². The Morgan fingerprint density at radius 2 is 1.85 bits per heavy atom. The number of methoxy groups -OCH3 is 1. The number of halogens is 1. The Kier molecular flexibility index (Phi) is 10.6. The standard InChI is InChI=1S/C34H40FN3O2/c1-4-7-27(5-2)33-24-38(30-17-14-28(35)15-18-30)34(37-33)23-31(39)19-13-26-9-6-8-25(10-11-26)12-16-29-22-32(40-3)20-21-36-29/h4-5,7,14-15,17-18,20-22,24-26H,1-2,6,8-13,16,19,23H2,3H3. The van der Waals surface area contributed by atoms with Gasteiger partial charge in [-0.05, 0) is 61.4 Å². The van der Waals surface area contributed by atoms with Crippen LogP contribution >= 0.6 is 0 Å². The number of aryl methyl sites for hydroxylation is 1. The van der Waals surface area contributed by atoms with E-state index in [1.54, 1.807) is 31.4 Å². The molecule has 1 aliphatic carbocycles. The number of Topliss-reactive ketones (excluding diaryl/α,β-unsaturated/α-hetero) is 1. The van der Waals surface area contributed by atoms with Crippen LogP contribution < -0.4 is 4.74 Å². The first-order valence-electron chi connectivity index (χ1n) is 14.3. The van der Waals surface area contributed by atoms with E-state index in [1.807, 2.05) is 35.2 Å². The van der Waals surface area contributed by atoms with Crippen LogP contribution in [-0.2, 0) is 17.6 Å². The first-order valence-corrected chi connectivity index (χ1v) is 14.3. The Labute approximate surface area is 237 Å². The minimum atomic E-state index is -0.303. The molecule has 1 fully saturated rings. The van der Waals surface area contributed by atoms with Crippen LogP contribution in [0, 0.1) is 17.7 Å². The lowest BCUT2D eigenvalue weighted by atomic mass is 9.91. The number of nitrogens with zero attached hydrogens (tertiary/aromatic N) is 3. The average Bonchev–Trinajstić information content (AvgIpc) is 3.24. The van der Waals surface area contributed by atoms with Gasteiger partial charge < -0.3 is 9.30 Å². The van der Waals surface area contributed by atoms with Crippen LogP contribution in [0.15, 0.2) is 80.2 Å². The van der Waals surface area contributed by atoms with E-state index in [0.717, 1.165) is 42.0 Å². The number of benzene rings is 1. The van der Waals surface area contributed by atoms with Gasteiger partial charge in [-0.25, -0.2) is 9.37 Å². The van der Waals surface area contributed by atoms with E-state index in [-0.39, 0.29) is 18.0 Å². The average molecular weight is 542 g/mol. The van der Waals surface area contributed by atoms with E-state index in [9.17, 15) is 9.18 Å². The highest BCUT2D eigenvalue weighted by Crippen LogP contribution is 2.32. The lowest BCUT2D eigenvalue weighted by Crippen LogP contribution is -2.11. The number of aromatic nitrogens is 3. The Bertz CT molecular complexity index is 1330. The fraction of sp³-hybridized carbons (Fsp3) is 0.382. The summed E-state index contributed by atoms with van der Waals surface area (Å²) < 4.78 is 20.8. The molecule has 0 N–H and O–H groups in total. The molecule has 0 aliphatic heterocycles. The summed E-state index contributed by atoms with van der Waals surface area (Å²) in [6.07, 6.45) is 18.8. The van der Waals surface area contributed by atoms with Gasteiger partial charge in [-0.3, -0.25) is 9.78 Å². The summed E-state index contributed by atoms with van der Waals surface area (Å²) in [4.78, 5) is 22.4. The van der Waals surface area contributed by atoms with Crippen molar-refractivity contribution in [3.8, 4) is 11.4 Å². The van der Waals surface area contributed by atoms with E-state index in [4.69, 9.17) is 9.72 Å². The zero-order valence-electron chi connectivity index (χ0n) is 23.5. The highest BCUT2D eigenvalue weighted by Gasteiger charge is 2.21. The summed E-state index contributed by atoms with van der Waals surface area (Å²) in [7, 11) is 1.69. The Hall–Kier alpha value is -3.80. The van der Waals surface area contributed by atoms with Gasteiger partial charge in [0.25, 0.3) is 0 Å². The predicted octanol–water partition coefficient (Wildman–Crippen LogP) is 7.89. The fourth-order valence-corrected chi connectivity index (χ4v) is 5.63. The van der Waals surface area contributed by atoms with Crippen LogP contribution in [0.1, 0.15) is 68.6 Å². The van der Waals surface area contributed by atoms with Crippen molar-refractivity contribution in [3.63, 3.8) is 0 Å². The fourth-order valence-electron chi connectivity index (χ4n) is 5.63. The summed E-state index contributed by atoms with van der Waals surface area (Å²) in [5.41, 5.74) is 3.39. The number of ketones is 1. The Morgan fingerprint density at radius 1 is 1.10 bits per heavy atom. The smallest absolute Gasteiger partial charge is 0.140 e. The van der Waals surface area contributed by atoms with Gasteiger partial charge in [-0.15, -0.1) is 0 Å². The molecule has 0 radical (unpaired) electrons. The van der Waals surface area contributed by atoms with Gasteiger partial charge in [0.15, 0.2) is 0 Å².